The van der Waals surface area contributed by atoms with Crippen molar-refractivity contribution >= 4 is 18.8 Å². The topological polar surface area (TPSA) is 52.3 Å². The van der Waals surface area contributed by atoms with Crippen molar-refractivity contribution in [3.05, 3.63) is 0 Å². The summed E-state index contributed by atoms with van der Waals surface area (Å²) in [6.45, 7) is 0. The first kappa shape index (κ1) is 6.37. The molecule has 0 aromatic heterocycles. The molecule has 0 aliphatic carbocycles. The molecule has 6 heavy (non-hydrogen) atoms. The maximum absolute atomic E-state index is 9.94. The van der Waals surface area contributed by atoms with Crippen LogP contribution in [0.25, 0.3) is 0 Å². The van der Waals surface area contributed by atoms with Crippen molar-refractivity contribution in [2.24, 2.45) is 5.14 Å². The van der Waals surface area contributed by atoms with E-state index in [-0.39, 0.29) is 0 Å². The molecule has 3 nitrogen and oxygen atoms in total. The van der Waals surface area contributed by atoms with Crippen molar-refractivity contribution < 1.29 is 9.09 Å². The molecule has 0 heterocycles. The summed E-state index contributed by atoms with van der Waals surface area (Å²) >= 11 is 0.712. The Labute approximate surface area is 41.0 Å². The van der Waals surface area contributed by atoms with Crippen LogP contribution in [0.15, 0.2) is 0 Å². The first-order valence-electron chi connectivity index (χ1n) is 1.19. The highest BCUT2D eigenvalue weighted by molar-refractivity contribution is 8.49. The fourth-order valence-corrected chi connectivity index (χ4v) is 0.387. The number of hydrogen-bond donors (Lipinski definition) is 1. The van der Waals surface area contributed by atoms with Crippen molar-refractivity contribution in [3.63, 3.8) is 0 Å². The molecule has 0 saturated carbocycles. The van der Waals surface area contributed by atoms with Crippen LogP contribution in [0.3, 0.4) is 0 Å². The molecule has 0 aliphatic heterocycles. The molecule has 0 fully saturated rings. The van der Waals surface area contributed by atoms with E-state index in [2.05, 4.69) is 4.52 Å². The van der Waals surface area contributed by atoms with Crippen molar-refractivity contribution in [3.8, 4) is 0 Å². The molecular formula is CH5NO2PS+. The Kier molecular flexibility index (Phi) is 3.78. The average molecular weight is 126 g/mol. The Morgan fingerprint density at radius 3 is 2.50 bits per heavy atom. The van der Waals surface area contributed by atoms with Crippen LogP contribution in [0.5, 0.6) is 0 Å². The van der Waals surface area contributed by atoms with Crippen LogP contribution in [-0.4, -0.2) is 7.11 Å². The first-order valence-corrected chi connectivity index (χ1v) is 3.85. The molecule has 0 aliphatic rings. The smallest absolute Gasteiger partial charge is 0.232 e. The Morgan fingerprint density at radius 2 is 2.50 bits per heavy atom. The van der Waals surface area contributed by atoms with Crippen LogP contribution >= 0.6 is 18.8 Å². The zero-order chi connectivity index (χ0) is 4.99. The highest BCUT2D eigenvalue weighted by atomic mass is 32.7. The molecule has 0 bridgehead atoms. The lowest BCUT2D eigenvalue weighted by Gasteiger charge is -1.64. The lowest BCUT2D eigenvalue weighted by atomic mass is 11.8. The normalized spacial score (nSPS) is 11.3. The van der Waals surface area contributed by atoms with Gasteiger partial charge in [-0.1, -0.05) is 0 Å². The van der Waals surface area contributed by atoms with Crippen LogP contribution in [-0.2, 0) is 9.09 Å². The van der Waals surface area contributed by atoms with Crippen LogP contribution in [0, 0.1) is 0 Å². The van der Waals surface area contributed by atoms with Gasteiger partial charge in [0.25, 0.3) is 0 Å². The van der Waals surface area contributed by atoms with Gasteiger partial charge in [0, 0.05) is 0 Å². The van der Waals surface area contributed by atoms with Gasteiger partial charge in [-0.3, -0.25) is 0 Å². The molecule has 0 saturated heterocycles. The van der Waals surface area contributed by atoms with E-state index in [1.807, 2.05) is 0 Å². The van der Waals surface area contributed by atoms with Gasteiger partial charge in [-0.05, 0) is 4.57 Å². The van der Waals surface area contributed by atoms with Crippen LogP contribution < -0.4 is 5.14 Å². The summed E-state index contributed by atoms with van der Waals surface area (Å²) in [5.74, 6) is 0. The lowest BCUT2D eigenvalue weighted by Crippen LogP contribution is -1.69. The Bertz CT molecular complexity index is 51.5. The Balaban J connectivity index is 2.99. The monoisotopic (exact) mass is 126 g/mol. The predicted octanol–water partition coefficient (Wildman–Crippen LogP) is 0.897. The van der Waals surface area contributed by atoms with Crippen molar-refractivity contribution in [1.29, 1.82) is 0 Å². The molecule has 1 unspecified atom stereocenters. The van der Waals surface area contributed by atoms with Crippen LogP contribution in [0.4, 0.5) is 0 Å². The largest absolute Gasteiger partial charge is 0.602 e. The molecule has 0 spiro atoms. The summed E-state index contributed by atoms with van der Waals surface area (Å²) in [7, 11) is -0.286. The second-order valence-corrected chi connectivity index (χ2v) is 3.06. The fraction of sp³-hybridized carbons (Fsp3) is 1.00. The fourth-order valence-electron chi connectivity index (χ4n) is 0.0430. The molecule has 2 N–H and O–H groups in total. The predicted molar refractivity (Wildman–Crippen MR) is 26.4 cm³/mol. The van der Waals surface area contributed by atoms with Crippen molar-refractivity contribution in [2.75, 3.05) is 7.11 Å². The quantitative estimate of drug-likeness (QED) is 0.441. The molecule has 1 atom stereocenters. The highest BCUT2D eigenvalue weighted by Gasteiger charge is 2.11. The molecule has 0 aromatic rings. The maximum atomic E-state index is 9.94. The number of rotatable bonds is 2. The maximum Gasteiger partial charge on any atom is 0.602 e. The van der Waals surface area contributed by atoms with E-state index in [1.165, 1.54) is 7.11 Å². The third-order valence-electron chi connectivity index (χ3n) is 0.235. The molecule has 0 aromatic carbocycles. The van der Waals surface area contributed by atoms with Crippen molar-refractivity contribution in [1.82, 2.24) is 0 Å². The lowest BCUT2D eigenvalue weighted by molar-refractivity contribution is 0.429. The van der Waals surface area contributed by atoms with E-state index >= 15 is 0 Å². The Hall–Kier alpha value is 0.370. The van der Waals surface area contributed by atoms with E-state index in [0.717, 1.165) is 0 Å². The summed E-state index contributed by atoms with van der Waals surface area (Å²) in [6.07, 6.45) is 0. The van der Waals surface area contributed by atoms with Gasteiger partial charge in [0.1, 0.15) is 0 Å². The van der Waals surface area contributed by atoms with Gasteiger partial charge >= 0.3 is 7.23 Å². The minimum atomic E-state index is -1.63. The van der Waals surface area contributed by atoms with E-state index in [0.29, 0.717) is 11.6 Å². The summed E-state index contributed by atoms with van der Waals surface area (Å²) < 4.78 is 14.2. The standard InChI is InChI=1S/CH5NO2PS/c1-4-5(3)6-2/h2H2,1H3/q+1. The van der Waals surface area contributed by atoms with Crippen molar-refractivity contribution in [2.45, 2.75) is 0 Å². The van der Waals surface area contributed by atoms with E-state index < -0.39 is 7.23 Å². The second kappa shape index (κ2) is 3.56. The SMILES string of the molecule is CO[P+](=O)SN. The van der Waals surface area contributed by atoms with Gasteiger partial charge < -0.3 is 0 Å². The molecule has 36 valence electrons. The molecular weight excluding hydrogens is 121 g/mol. The summed E-state index contributed by atoms with van der Waals surface area (Å²) in [5.41, 5.74) is 0. The van der Waals surface area contributed by atoms with Crippen LogP contribution in [0.2, 0.25) is 0 Å². The van der Waals surface area contributed by atoms with E-state index in [4.69, 9.17) is 5.14 Å². The third kappa shape index (κ3) is 2.60. The molecule has 0 radical (unpaired) electrons. The Morgan fingerprint density at radius 1 is 2.00 bits per heavy atom. The van der Waals surface area contributed by atoms with Crippen LogP contribution in [0.1, 0.15) is 0 Å². The van der Waals surface area contributed by atoms with Gasteiger partial charge in [-0.2, -0.15) is 0 Å². The summed E-state index contributed by atoms with van der Waals surface area (Å²) in [5, 5.41) is 4.79. The highest BCUT2D eigenvalue weighted by Crippen LogP contribution is 2.31. The van der Waals surface area contributed by atoms with Gasteiger partial charge in [-0.15, -0.1) is 4.52 Å². The second-order valence-electron chi connectivity index (χ2n) is 0.512. The zero-order valence-electron chi connectivity index (χ0n) is 3.25. The summed E-state index contributed by atoms with van der Waals surface area (Å²) in [6, 6.07) is 0. The van der Waals surface area contributed by atoms with Gasteiger partial charge in [-0.25, -0.2) is 5.14 Å². The van der Waals surface area contributed by atoms with Gasteiger partial charge in [0.15, 0.2) is 0 Å². The molecule has 5 heteroatoms. The van der Waals surface area contributed by atoms with E-state index in [1.54, 1.807) is 0 Å². The molecule has 0 amide bonds. The average Bonchev–Trinajstić information content (AvgIpc) is 1.65. The minimum Gasteiger partial charge on any atom is -0.232 e. The number of nitrogens with two attached hydrogens (primary N) is 1. The molecule has 0 rings (SSSR count). The summed E-state index contributed by atoms with van der Waals surface area (Å²) in [4.78, 5) is 0. The number of hydrogen-bond acceptors (Lipinski definition) is 4. The van der Waals surface area contributed by atoms with E-state index in [9.17, 15) is 4.57 Å². The first-order chi connectivity index (χ1) is 2.81. The van der Waals surface area contributed by atoms with Gasteiger partial charge in [0.05, 0.1) is 7.11 Å². The third-order valence-corrected chi connectivity index (χ3v) is 1.67. The minimum absolute atomic E-state index is 0.712. The van der Waals surface area contributed by atoms with Gasteiger partial charge in [0.2, 0.25) is 11.6 Å². The zero-order valence-corrected chi connectivity index (χ0v) is 4.96.